The average molecular weight is 372 g/mol. The molecule has 0 radical (unpaired) electrons. The van der Waals surface area contributed by atoms with E-state index in [4.69, 9.17) is 10.5 Å². The second-order valence-electron chi connectivity index (χ2n) is 5.15. The molecule has 26 heavy (non-hydrogen) atoms. The predicted octanol–water partition coefficient (Wildman–Crippen LogP) is 2.01. The Bertz CT molecular complexity index is 991. The smallest absolute Gasteiger partial charge is 0.261 e. The Morgan fingerprint density at radius 1 is 0.962 bits per heavy atom. The molecule has 0 amide bonds. The van der Waals surface area contributed by atoms with Crippen LogP contribution in [0.15, 0.2) is 59.8 Å². The number of nitrogen functional groups attached to an aromatic ring is 1. The maximum atomic E-state index is 12.5. The Labute approximate surface area is 150 Å². The molecular weight excluding hydrogens is 356 g/mol. The Morgan fingerprint density at radius 3 is 2.23 bits per heavy atom. The topological polar surface area (TPSA) is 132 Å². The molecule has 2 aromatic carbocycles. The maximum Gasteiger partial charge on any atom is 0.261 e. The summed E-state index contributed by atoms with van der Waals surface area (Å²) in [5.41, 5.74) is 6.54. The molecule has 1 heterocycles. The zero-order chi connectivity index (χ0) is 18.6. The van der Waals surface area contributed by atoms with Gasteiger partial charge in [0.25, 0.3) is 10.0 Å². The van der Waals surface area contributed by atoms with Gasteiger partial charge in [0.05, 0.1) is 12.0 Å². The fourth-order valence-electron chi connectivity index (χ4n) is 2.09. The number of hydrogen-bond donors (Lipinski definition) is 3. The van der Waals surface area contributed by atoms with E-state index in [9.17, 15) is 8.42 Å². The van der Waals surface area contributed by atoms with Crippen LogP contribution in [0.25, 0.3) is 0 Å². The van der Waals surface area contributed by atoms with Gasteiger partial charge < -0.3 is 15.8 Å². The summed E-state index contributed by atoms with van der Waals surface area (Å²) in [6, 6.07) is 12.7. The highest BCUT2D eigenvalue weighted by atomic mass is 32.2. The molecule has 0 saturated heterocycles. The molecule has 0 aliphatic carbocycles. The van der Waals surface area contributed by atoms with Gasteiger partial charge in [-0.1, -0.05) is 0 Å². The van der Waals surface area contributed by atoms with E-state index < -0.39 is 10.0 Å². The number of anilines is 4. The number of sulfonamides is 1. The Hall–Kier alpha value is -3.40. The summed E-state index contributed by atoms with van der Waals surface area (Å²) < 4.78 is 32.5. The van der Waals surface area contributed by atoms with Gasteiger partial charge in [0, 0.05) is 11.4 Å². The lowest BCUT2D eigenvalue weighted by molar-refractivity contribution is 0.415. The van der Waals surface area contributed by atoms with E-state index in [1.165, 1.54) is 18.5 Å². The molecule has 0 saturated carbocycles. The molecule has 0 spiro atoms. The van der Waals surface area contributed by atoms with E-state index in [2.05, 4.69) is 25.0 Å². The summed E-state index contributed by atoms with van der Waals surface area (Å²) in [4.78, 5) is 11.7. The maximum absolute atomic E-state index is 12.5. The third kappa shape index (κ3) is 4.16. The van der Waals surface area contributed by atoms with Crippen LogP contribution in [-0.4, -0.2) is 30.5 Å². The zero-order valence-electron chi connectivity index (χ0n) is 13.7. The van der Waals surface area contributed by atoms with E-state index in [0.717, 1.165) is 0 Å². The van der Waals surface area contributed by atoms with Crippen LogP contribution in [0.5, 0.6) is 5.75 Å². The monoisotopic (exact) mass is 372 g/mol. The molecule has 134 valence electrons. The summed E-state index contributed by atoms with van der Waals surface area (Å²) >= 11 is 0. The average Bonchev–Trinajstić information content (AvgIpc) is 2.62. The molecule has 0 fully saturated rings. The second-order valence-corrected chi connectivity index (χ2v) is 6.83. The zero-order valence-corrected chi connectivity index (χ0v) is 14.6. The van der Waals surface area contributed by atoms with Crippen molar-refractivity contribution in [3.05, 3.63) is 54.9 Å². The molecule has 3 aromatic rings. The van der Waals surface area contributed by atoms with Crippen molar-refractivity contribution in [3.8, 4) is 5.75 Å². The highest BCUT2D eigenvalue weighted by Crippen LogP contribution is 2.21. The van der Waals surface area contributed by atoms with Crippen LogP contribution >= 0.6 is 0 Å². The number of methoxy groups -OCH3 is 1. The van der Waals surface area contributed by atoms with Gasteiger partial charge in [0.2, 0.25) is 11.9 Å². The van der Waals surface area contributed by atoms with Crippen LogP contribution in [0, 0.1) is 0 Å². The molecule has 1 aromatic heterocycles. The molecular formula is C16H16N6O3S. The molecule has 0 unspecified atom stereocenters. The standard InChI is InChI=1S/C16H16N6O3S/c1-25-13-6-2-12(3-7-13)22-26(23,24)14-8-4-11(5-9-14)20-16-19-10-18-15(17)21-16/h2-10,22H,1H3,(H3,17,18,19,20,21). The predicted molar refractivity (Wildman–Crippen MR) is 97.8 cm³/mol. The number of nitrogens with zero attached hydrogens (tertiary/aromatic N) is 3. The van der Waals surface area contributed by atoms with Crippen LogP contribution in [0.1, 0.15) is 0 Å². The van der Waals surface area contributed by atoms with Gasteiger partial charge in [-0.15, -0.1) is 0 Å². The molecule has 0 bridgehead atoms. The number of rotatable bonds is 6. The van der Waals surface area contributed by atoms with Crippen molar-refractivity contribution < 1.29 is 13.2 Å². The number of aromatic nitrogens is 3. The number of ether oxygens (including phenoxy) is 1. The van der Waals surface area contributed by atoms with E-state index in [1.54, 1.807) is 43.5 Å². The third-order valence-corrected chi connectivity index (χ3v) is 4.75. The van der Waals surface area contributed by atoms with Crippen molar-refractivity contribution >= 4 is 33.3 Å². The number of benzene rings is 2. The second kappa shape index (κ2) is 7.23. The third-order valence-electron chi connectivity index (χ3n) is 3.35. The first kappa shape index (κ1) is 17.4. The minimum atomic E-state index is -3.71. The summed E-state index contributed by atoms with van der Waals surface area (Å²) in [6.07, 6.45) is 1.28. The van der Waals surface area contributed by atoms with Crippen molar-refractivity contribution in [2.45, 2.75) is 4.90 Å². The van der Waals surface area contributed by atoms with Crippen molar-refractivity contribution in [1.82, 2.24) is 15.0 Å². The first-order valence-electron chi connectivity index (χ1n) is 7.45. The van der Waals surface area contributed by atoms with Gasteiger partial charge in [0.15, 0.2) is 0 Å². The van der Waals surface area contributed by atoms with Gasteiger partial charge >= 0.3 is 0 Å². The Morgan fingerprint density at radius 2 is 1.62 bits per heavy atom. The van der Waals surface area contributed by atoms with Gasteiger partial charge in [-0.2, -0.15) is 4.98 Å². The van der Waals surface area contributed by atoms with Crippen molar-refractivity contribution in [2.24, 2.45) is 0 Å². The lowest BCUT2D eigenvalue weighted by Crippen LogP contribution is -2.12. The van der Waals surface area contributed by atoms with Gasteiger partial charge in [-0.05, 0) is 48.5 Å². The van der Waals surface area contributed by atoms with Crippen molar-refractivity contribution in [2.75, 3.05) is 22.9 Å². The number of hydrogen-bond acceptors (Lipinski definition) is 8. The minimum absolute atomic E-state index is 0.0883. The van der Waals surface area contributed by atoms with Gasteiger partial charge in [-0.3, -0.25) is 4.72 Å². The van der Waals surface area contributed by atoms with E-state index in [-0.39, 0.29) is 16.8 Å². The highest BCUT2D eigenvalue weighted by molar-refractivity contribution is 7.92. The van der Waals surface area contributed by atoms with Crippen molar-refractivity contribution in [1.29, 1.82) is 0 Å². The highest BCUT2D eigenvalue weighted by Gasteiger charge is 2.14. The quantitative estimate of drug-likeness (QED) is 0.598. The molecule has 0 aliphatic heterocycles. The normalized spacial score (nSPS) is 11.0. The number of nitrogens with two attached hydrogens (primary N) is 1. The van der Waals surface area contributed by atoms with Crippen LogP contribution in [-0.2, 0) is 10.0 Å². The van der Waals surface area contributed by atoms with Crippen LogP contribution in [0.4, 0.5) is 23.3 Å². The molecule has 4 N–H and O–H groups in total. The van der Waals surface area contributed by atoms with Crippen LogP contribution in [0.3, 0.4) is 0 Å². The SMILES string of the molecule is COc1ccc(NS(=O)(=O)c2ccc(Nc3ncnc(N)n3)cc2)cc1. The van der Waals surface area contributed by atoms with Crippen LogP contribution in [0.2, 0.25) is 0 Å². The van der Waals surface area contributed by atoms with Crippen LogP contribution < -0.4 is 20.5 Å². The number of nitrogens with one attached hydrogen (secondary N) is 2. The van der Waals surface area contributed by atoms with Crippen molar-refractivity contribution in [3.63, 3.8) is 0 Å². The molecule has 0 atom stereocenters. The lowest BCUT2D eigenvalue weighted by Gasteiger charge is -2.10. The molecule has 3 rings (SSSR count). The fourth-order valence-corrected chi connectivity index (χ4v) is 3.15. The lowest BCUT2D eigenvalue weighted by atomic mass is 10.3. The molecule has 0 aliphatic rings. The Kier molecular flexibility index (Phi) is 4.85. The largest absolute Gasteiger partial charge is 0.497 e. The summed E-state index contributed by atoms with van der Waals surface area (Å²) in [6.45, 7) is 0. The van der Waals surface area contributed by atoms with E-state index in [0.29, 0.717) is 17.1 Å². The van der Waals surface area contributed by atoms with Gasteiger partial charge in [-0.25, -0.2) is 18.4 Å². The first-order chi connectivity index (χ1) is 12.5. The fraction of sp³-hybridized carbons (Fsp3) is 0.0625. The summed E-state index contributed by atoms with van der Waals surface area (Å²) in [5.74, 6) is 0.997. The molecule has 9 nitrogen and oxygen atoms in total. The first-order valence-corrected chi connectivity index (χ1v) is 8.93. The van der Waals surface area contributed by atoms with E-state index >= 15 is 0 Å². The Balaban J connectivity index is 1.73. The summed E-state index contributed by atoms with van der Waals surface area (Å²) in [5, 5.41) is 2.91. The molecule has 10 heteroatoms. The minimum Gasteiger partial charge on any atom is -0.497 e. The summed E-state index contributed by atoms with van der Waals surface area (Å²) in [7, 11) is -2.17. The van der Waals surface area contributed by atoms with E-state index in [1.807, 2.05) is 0 Å². The van der Waals surface area contributed by atoms with Gasteiger partial charge in [0.1, 0.15) is 12.1 Å².